The van der Waals surface area contributed by atoms with Crippen LogP contribution in [0.1, 0.15) is 31.4 Å². The van der Waals surface area contributed by atoms with Crippen molar-refractivity contribution in [2.24, 2.45) is 5.73 Å². The molecule has 1 aliphatic rings. The highest BCUT2D eigenvalue weighted by Gasteiger charge is 2.23. The second-order valence-electron chi connectivity index (χ2n) is 5.66. The summed E-state index contributed by atoms with van der Waals surface area (Å²) in [6.07, 6.45) is 2.53. The van der Waals surface area contributed by atoms with Crippen molar-refractivity contribution in [2.75, 3.05) is 32.1 Å². The maximum Gasteiger partial charge on any atom is 0.0426 e. The summed E-state index contributed by atoms with van der Waals surface area (Å²) in [5.41, 5.74) is 8.58. The van der Waals surface area contributed by atoms with Gasteiger partial charge in [-0.3, -0.25) is 0 Å². The van der Waals surface area contributed by atoms with Gasteiger partial charge in [0.1, 0.15) is 0 Å². The molecule has 0 saturated carbocycles. The standard InChI is InChI=1S/C15H24BrN3/c1-11(17)14-7-6-12(16)9-15(14)19(3)13-5-4-8-18(2)10-13/h6-7,9,11,13H,4-5,8,10,17H2,1-3H3. The molecule has 0 spiro atoms. The number of nitrogens with zero attached hydrogens (tertiary/aromatic N) is 2. The maximum absolute atomic E-state index is 6.11. The number of likely N-dealkylation sites (tertiary alicyclic amines) is 1. The molecule has 1 heterocycles. The van der Waals surface area contributed by atoms with Gasteiger partial charge in [-0.05, 0) is 51.1 Å². The first-order chi connectivity index (χ1) is 8.99. The van der Waals surface area contributed by atoms with E-state index in [9.17, 15) is 0 Å². The molecule has 1 aliphatic heterocycles. The van der Waals surface area contributed by atoms with Crippen LogP contribution in [0.3, 0.4) is 0 Å². The zero-order chi connectivity index (χ0) is 14.0. The highest BCUT2D eigenvalue weighted by molar-refractivity contribution is 9.10. The lowest BCUT2D eigenvalue weighted by Gasteiger charge is -2.38. The third-order valence-electron chi connectivity index (χ3n) is 4.01. The summed E-state index contributed by atoms with van der Waals surface area (Å²) in [7, 11) is 4.39. The quantitative estimate of drug-likeness (QED) is 0.927. The first kappa shape index (κ1) is 14.8. The van der Waals surface area contributed by atoms with E-state index >= 15 is 0 Å². The molecule has 1 aromatic carbocycles. The summed E-state index contributed by atoms with van der Waals surface area (Å²) < 4.78 is 1.11. The molecule has 19 heavy (non-hydrogen) atoms. The Labute approximate surface area is 124 Å². The van der Waals surface area contributed by atoms with E-state index in [0.717, 1.165) is 11.0 Å². The predicted molar refractivity (Wildman–Crippen MR) is 85.7 cm³/mol. The SMILES string of the molecule is CC(N)c1ccc(Br)cc1N(C)C1CCCN(C)C1. The summed E-state index contributed by atoms with van der Waals surface area (Å²) in [6, 6.07) is 7.03. The van der Waals surface area contributed by atoms with E-state index in [1.54, 1.807) is 0 Å². The van der Waals surface area contributed by atoms with Crippen molar-refractivity contribution in [1.82, 2.24) is 4.90 Å². The molecule has 2 rings (SSSR count). The van der Waals surface area contributed by atoms with Crippen LogP contribution in [-0.4, -0.2) is 38.1 Å². The molecule has 1 saturated heterocycles. The maximum atomic E-state index is 6.11. The summed E-state index contributed by atoms with van der Waals surface area (Å²) in [5, 5.41) is 0. The Hall–Kier alpha value is -0.580. The lowest BCUT2D eigenvalue weighted by molar-refractivity contribution is 0.248. The fraction of sp³-hybridized carbons (Fsp3) is 0.600. The lowest BCUT2D eigenvalue weighted by Crippen LogP contribution is -2.45. The molecule has 2 atom stereocenters. The van der Waals surface area contributed by atoms with E-state index < -0.39 is 0 Å². The molecule has 0 aromatic heterocycles. The molecule has 0 aliphatic carbocycles. The van der Waals surface area contributed by atoms with Gasteiger partial charge < -0.3 is 15.5 Å². The molecule has 0 amide bonds. The van der Waals surface area contributed by atoms with Crippen LogP contribution in [0, 0.1) is 0 Å². The van der Waals surface area contributed by atoms with Gasteiger partial charge in [-0.25, -0.2) is 0 Å². The monoisotopic (exact) mass is 325 g/mol. The Morgan fingerprint density at radius 3 is 2.84 bits per heavy atom. The summed E-state index contributed by atoms with van der Waals surface area (Å²) in [5.74, 6) is 0. The molecule has 2 N–H and O–H groups in total. The second kappa shape index (κ2) is 6.25. The zero-order valence-electron chi connectivity index (χ0n) is 12.1. The normalized spacial score (nSPS) is 22.3. The molecule has 3 nitrogen and oxygen atoms in total. The first-order valence-electron chi connectivity index (χ1n) is 6.95. The Kier molecular flexibility index (Phi) is 4.87. The van der Waals surface area contributed by atoms with Gasteiger partial charge >= 0.3 is 0 Å². The van der Waals surface area contributed by atoms with Crippen LogP contribution in [0.15, 0.2) is 22.7 Å². The number of hydrogen-bond acceptors (Lipinski definition) is 3. The van der Waals surface area contributed by atoms with E-state index in [2.05, 4.69) is 58.0 Å². The Bertz CT molecular complexity index is 433. The Morgan fingerprint density at radius 1 is 1.47 bits per heavy atom. The number of nitrogens with two attached hydrogens (primary N) is 1. The minimum absolute atomic E-state index is 0.0619. The van der Waals surface area contributed by atoms with E-state index in [1.165, 1.54) is 30.6 Å². The zero-order valence-corrected chi connectivity index (χ0v) is 13.7. The van der Waals surface area contributed by atoms with Crippen molar-refractivity contribution >= 4 is 21.6 Å². The van der Waals surface area contributed by atoms with Gasteiger partial charge in [0.25, 0.3) is 0 Å². The van der Waals surface area contributed by atoms with Gasteiger partial charge in [-0.15, -0.1) is 0 Å². The number of benzene rings is 1. The van der Waals surface area contributed by atoms with Crippen molar-refractivity contribution in [1.29, 1.82) is 0 Å². The number of piperidine rings is 1. The third kappa shape index (κ3) is 3.50. The largest absolute Gasteiger partial charge is 0.370 e. The average Bonchev–Trinajstić information content (AvgIpc) is 2.37. The third-order valence-corrected chi connectivity index (χ3v) is 4.50. The number of likely N-dealkylation sites (N-methyl/N-ethyl adjacent to an activating group) is 2. The molecule has 106 valence electrons. The van der Waals surface area contributed by atoms with E-state index in [-0.39, 0.29) is 6.04 Å². The molecule has 4 heteroatoms. The van der Waals surface area contributed by atoms with Gasteiger partial charge in [-0.1, -0.05) is 22.0 Å². The van der Waals surface area contributed by atoms with E-state index in [4.69, 9.17) is 5.73 Å². The van der Waals surface area contributed by atoms with Crippen molar-refractivity contribution in [2.45, 2.75) is 31.8 Å². The molecule has 0 radical (unpaired) electrons. The summed E-state index contributed by atoms with van der Waals surface area (Å²) in [4.78, 5) is 4.81. The van der Waals surface area contributed by atoms with Crippen molar-refractivity contribution < 1.29 is 0 Å². The minimum atomic E-state index is 0.0619. The van der Waals surface area contributed by atoms with E-state index in [1.807, 2.05) is 6.92 Å². The van der Waals surface area contributed by atoms with E-state index in [0.29, 0.717) is 6.04 Å². The van der Waals surface area contributed by atoms with Crippen LogP contribution in [-0.2, 0) is 0 Å². The van der Waals surface area contributed by atoms with Crippen molar-refractivity contribution in [3.8, 4) is 0 Å². The number of anilines is 1. The van der Waals surface area contributed by atoms with Gasteiger partial charge in [0, 0.05) is 35.8 Å². The van der Waals surface area contributed by atoms with Crippen LogP contribution in [0.4, 0.5) is 5.69 Å². The first-order valence-corrected chi connectivity index (χ1v) is 7.74. The van der Waals surface area contributed by atoms with Gasteiger partial charge in [-0.2, -0.15) is 0 Å². The van der Waals surface area contributed by atoms with Crippen LogP contribution in [0.25, 0.3) is 0 Å². The number of hydrogen-bond donors (Lipinski definition) is 1. The predicted octanol–water partition coefficient (Wildman–Crippen LogP) is 3.00. The highest BCUT2D eigenvalue weighted by Crippen LogP contribution is 2.30. The number of halogens is 1. The Balaban J connectivity index is 2.26. The second-order valence-corrected chi connectivity index (χ2v) is 6.58. The van der Waals surface area contributed by atoms with Crippen LogP contribution in [0.5, 0.6) is 0 Å². The molecular weight excluding hydrogens is 302 g/mol. The molecular formula is C15H24BrN3. The topological polar surface area (TPSA) is 32.5 Å². The fourth-order valence-corrected chi connectivity index (χ4v) is 3.21. The van der Waals surface area contributed by atoms with Gasteiger partial charge in [0.2, 0.25) is 0 Å². The summed E-state index contributed by atoms with van der Waals surface area (Å²) >= 11 is 3.57. The Morgan fingerprint density at radius 2 is 2.21 bits per heavy atom. The van der Waals surface area contributed by atoms with Crippen molar-refractivity contribution in [3.63, 3.8) is 0 Å². The number of rotatable bonds is 3. The van der Waals surface area contributed by atoms with Gasteiger partial charge in [0.05, 0.1) is 0 Å². The smallest absolute Gasteiger partial charge is 0.0426 e. The van der Waals surface area contributed by atoms with Gasteiger partial charge in [0.15, 0.2) is 0 Å². The van der Waals surface area contributed by atoms with Crippen LogP contribution >= 0.6 is 15.9 Å². The van der Waals surface area contributed by atoms with Crippen LogP contribution < -0.4 is 10.6 Å². The summed E-state index contributed by atoms with van der Waals surface area (Å²) in [6.45, 7) is 4.39. The van der Waals surface area contributed by atoms with Crippen LogP contribution in [0.2, 0.25) is 0 Å². The fourth-order valence-electron chi connectivity index (χ4n) is 2.86. The highest BCUT2D eigenvalue weighted by atomic mass is 79.9. The molecule has 1 fully saturated rings. The van der Waals surface area contributed by atoms with Crippen molar-refractivity contribution in [3.05, 3.63) is 28.2 Å². The average molecular weight is 326 g/mol. The molecule has 0 bridgehead atoms. The lowest BCUT2D eigenvalue weighted by atomic mass is 10.0. The molecule has 1 aromatic rings. The molecule has 2 unspecified atom stereocenters. The minimum Gasteiger partial charge on any atom is -0.370 e.